The average Bonchev–Trinajstić information content (AvgIpc) is 3.10. The second-order valence-electron chi connectivity index (χ2n) is 6.64. The normalized spacial score (nSPS) is 17.2. The molecule has 0 radical (unpaired) electrons. The Labute approximate surface area is 115 Å². The Hall–Kier alpha value is -1.35. The van der Waals surface area contributed by atoms with Crippen molar-refractivity contribution in [2.24, 2.45) is 5.41 Å². The average molecular weight is 261 g/mol. The second-order valence-corrected chi connectivity index (χ2v) is 6.64. The highest BCUT2D eigenvalue weighted by atomic mass is 16.4. The molecule has 0 amide bonds. The molecule has 1 aromatic rings. The molecule has 0 saturated heterocycles. The highest BCUT2D eigenvalue weighted by Crippen LogP contribution is 2.45. The van der Waals surface area contributed by atoms with E-state index in [-0.39, 0.29) is 5.41 Å². The maximum Gasteiger partial charge on any atom is 0.310 e. The van der Waals surface area contributed by atoms with Gasteiger partial charge >= 0.3 is 5.97 Å². The number of hydrogen-bond acceptors (Lipinski definition) is 2. The zero-order chi connectivity index (χ0) is 14.1. The van der Waals surface area contributed by atoms with E-state index in [9.17, 15) is 4.79 Å². The Kier molecular flexibility index (Phi) is 3.68. The summed E-state index contributed by atoms with van der Waals surface area (Å²) in [5.74, 6) is -0.664. The van der Waals surface area contributed by atoms with Gasteiger partial charge in [-0.1, -0.05) is 45.0 Å². The van der Waals surface area contributed by atoms with Crippen molar-refractivity contribution in [3.8, 4) is 0 Å². The van der Waals surface area contributed by atoms with E-state index in [4.69, 9.17) is 5.11 Å². The molecule has 19 heavy (non-hydrogen) atoms. The summed E-state index contributed by atoms with van der Waals surface area (Å²) >= 11 is 0. The Morgan fingerprint density at radius 2 is 1.84 bits per heavy atom. The number of rotatable bonds is 5. The lowest BCUT2D eigenvalue weighted by atomic mass is 9.87. The van der Waals surface area contributed by atoms with Crippen LogP contribution in [0.2, 0.25) is 0 Å². The molecule has 3 heteroatoms. The third kappa shape index (κ3) is 3.35. The van der Waals surface area contributed by atoms with Crippen LogP contribution in [0.5, 0.6) is 0 Å². The summed E-state index contributed by atoms with van der Waals surface area (Å²) in [4.78, 5) is 11.0. The summed E-state index contributed by atoms with van der Waals surface area (Å²) < 4.78 is 0. The third-order valence-electron chi connectivity index (χ3n) is 3.92. The van der Waals surface area contributed by atoms with Crippen LogP contribution in [0.15, 0.2) is 24.3 Å². The van der Waals surface area contributed by atoms with Crippen molar-refractivity contribution in [3.63, 3.8) is 0 Å². The minimum absolute atomic E-state index is 0.174. The summed E-state index contributed by atoms with van der Waals surface area (Å²) in [5, 5.41) is 12.4. The molecule has 104 valence electrons. The van der Waals surface area contributed by atoms with Crippen molar-refractivity contribution in [1.82, 2.24) is 5.32 Å². The van der Waals surface area contributed by atoms with Crippen LogP contribution in [0.1, 0.15) is 44.7 Å². The molecule has 0 aromatic heterocycles. The van der Waals surface area contributed by atoms with E-state index in [1.54, 1.807) is 0 Å². The van der Waals surface area contributed by atoms with Crippen LogP contribution in [0.4, 0.5) is 0 Å². The fourth-order valence-electron chi connectivity index (χ4n) is 2.19. The first-order valence-corrected chi connectivity index (χ1v) is 6.87. The maximum atomic E-state index is 11.0. The van der Waals surface area contributed by atoms with Gasteiger partial charge in [0, 0.05) is 13.1 Å². The molecule has 0 atom stereocenters. The molecule has 0 unspecified atom stereocenters. The molecule has 2 rings (SSSR count). The number of benzene rings is 1. The topological polar surface area (TPSA) is 49.3 Å². The maximum absolute atomic E-state index is 11.0. The van der Waals surface area contributed by atoms with Crippen molar-refractivity contribution < 1.29 is 9.90 Å². The monoisotopic (exact) mass is 261 g/mol. The molecular formula is C16H23NO2. The Balaban J connectivity index is 1.86. The lowest BCUT2D eigenvalue weighted by molar-refractivity contribution is -0.143. The predicted molar refractivity (Wildman–Crippen MR) is 76.2 cm³/mol. The van der Waals surface area contributed by atoms with Gasteiger partial charge < -0.3 is 10.4 Å². The van der Waals surface area contributed by atoms with Crippen LogP contribution >= 0.6 is 0 Å². The molecule has 0 spiro atoms. The van der Waals surface area contributed by atoms with Gasteiger partial charge in [0.25, 0.3) is 0 Å². The van der Waals surface area contributed by atoms with E-state index in [0.29, 0.717) is 6.54 Å². The van der Waals surface area contributed by atoms with Gasteiger partial charge in [0.15, 0.2) is 0 Å². The number of nitrogens with one attached hydrogen (secondary N) is 1. The molecule has 0 bridgehead atoms. The molecular weight excluding hydrogens is 238 g/mol. The van der Waals surface area contributed by atoms with Crippen molar-refractivity contribution in [3.05, 3.63) is 35.4 Å². The van der Waals surface area contributed by atoms with Crippen molar-refractivity contribution in [2.45, 2.75) is 45.6 Å². The minimum atomic E-state index is -0.664. The van der Waals surface area contributed by atoms with E-state index in [0.717, 1.165) is 19.4 Å². The summed E-state index contributed by atoms with van der Waals surface area (Å²) in [7, 11) is 0. The fraction of sp³-hybridized carbons (Fsp3) is 0.562. The summed E-state index contributed by atoms with van der Waals surface area (Å²) in [6, 6.07) is 8.55. The largest absolute Gasteiger partial charge is 0.481 e. The van der Waals surface area contributed by atoms with Gasteiger partial charge in [-0.25, -0.2) is 0 Å². The second kappa shape index (κ2) is 4.97. The molecule has 1 fully saturated rings. The van der Waals surface area contributed by atoms with Gasteiger partial charge in [-0.05, 0) is 29.4 Å². The highest BCUT2D eigenvalue weighted by molar-refractivity contribution is 5.78. The number of aliphatic carboxylic acids is 1. The van der Waals surface area contributed by atoms with Crippen molar-refractivity contribution >= 4 is 5.97 Å². The van der Waals surface area contributed by atoms with Gasteiger partial charge in [-0.2, -0.15) is 0 Å². The van der Waals surface area contributed by atoms with E-state index in [2.05, 4.69) is 50.4 Å². The molecule has 0 heterocycles. The minimum Gasteiger partial charge on any atom is -0.481 e. The molecule has 1 aliphatic rings. The SMILES string of the molecule is CC(C)(C)c1ccc(CNCC2(C(=O)O)CC2)cc1. The Bertz CT molecular complexity index is 453. The molecule has 1 aliphatic carbocycles. The van der Waals surface area contributed by atoms with Crippen LogP contribution in [0.3, 0.4) is 0 Å². The Morgan fingerprint density at radius 3 is 2.26 bits per heavy atom. The van der Waals surface area contributed by atoms with Gasteiger partial charge in [0.05, 0.1) is 5.41 Å². The first-order chi connectivity index (χ1) is 8.83. The molecule has 2 N–H and O–H groups in total. The first-order valence-electron chi connectivity index (χ1n) is 6.87. The standard InChI is InChI=1S/C16H23NO2/c1-15(2,3)13-6-4-12(5-7-13)10-17-11-16(8-9-16)14(18)19/h4-7,17H,8-11H2,1-3H3,(H,18,19). The van der Waals surface area contributed by atoms with Crippen LogP contribution in [0.25, 0.3) is 0 Å². The van der Waals surface area contributed by atoms with Crippen molar-refractivity contribution in [2.75, 3.05) is 6.54 Å². The zero-order valence-corrected chi connectivity index (χ0v) is 12.0. The molecule has 3 nitrogen and oxygen atoms in total. The Morgan fingerprint density at radius 1 is 1.26 bits per heavy atom. The van der Waals surface area contributed by atoms with Gasteiger partial charge in [-0.3, -0.25) is 4.79 Å². The van der Waals surface area contributed by atoms with Crippen molar-refractivity contribution in [1.29, 1.82) is 0 Å². The first kappa shape index (κ1) is 14.1. The van der Waals surface area contributed by atoms with Crippen LogP contribution in [-0.2, 0) is 16.8 Å². The number of hydrogen-bond donors (Lipinski definition) is 2. The number of carbonyl (C=O) groups is 1. The van der Waals surface area contributed by atoms with E-state index in [1.807, 2.05) is 0 Å². The van der Waals surface area contributed by atoms with Crippen LogP contribution in [-0.4, -0.2) is 17.6 Å². The van der Waals surface area contributed by atoms with Gasteiger partial charge in [-0.15, -0.1) is 0 Å². The lowest BCUT2D eigenvalue weighted by Crippen LogP contribution is -2.29. The lowest BCUT2D eigenvalue weighted by Gasteiger charge is -2.19. The molecule has 1 saturated carbocycles. The molecule has 1 aromatic carbocycles. The molecule has 0 aliphatic heterocycles. The fourth-order valence-corrected chi connectivity index (χ4v) is 2.19. The number of carboxylic acids is 1. The summed E-state index contributed by atoms with van der Waals surface area (Å²) in [5.41, 5.74) is 2.22. The van der Waals surface area contributed by atoms with Crippen LogP contribution in [0, 0.1) is 5.41 Å². The highest BCUT2D eigenvalue weighted by Gasteiger charge is 2.49. The summed E-state index contributed by atoms with van der Waals surface area (Å²) in [6.45, 7) is 7.90. The van der Waals surface area contributed by atoms with Crippen LogP contribution < -0.4 is 5.32 Å². The predicted octanol–water partition coefficient (Wildman–Crippen LogP) is 2.94. The quantitative estimate of drug-likeness (QED) is 0.856. The smallest absolute Gasteiger partial charge is 0.310 e. The van der Waals surface area contributed by atoms with Gasteiger partial charge in [0.1, 0.15) is 0 Å². The zero-order valence-electron chi connectivity index (χ0n) is 12.0. The van der Waals surface area contributed by atoms with Gasteiger partial charge in [0.2, 0.25) is 0 Å². The van der Waals surface area contributed by atoms with E-state index in [1.165, 1.54) is 11.1 Å². The third-order valence-corrected chi connectivity index (χ3v) is 3.92. The van der Waals surface area contributed by atoms with E-state index >= 15 is 0 Å². The summed E-state index contributed by atoms with van der Waals surface area (Å²) in [6.07, 6.45) is 1.61. The number of carboxylic acid groups (broad SMARTS) is 1. The van der Waals surface area contributed by atoms with E-state index < -0.39 is 11.4 Å².